The molecule has 3 rings (SSSR count). The lowest BCUT2D eigenvalue weighted by Crippen LogP contribution is -2.11. The molecule has 0 aliphatic heterocycles. The predicted octanol–water partition coefficient (Wildman–Crippen LogP) is 4.92. The number of carbonyl (C=O) groups is 1. The van der Waals surface area contributed by atoms with Crippen molar-refractivity contribution < 1.29 is 14.3 Å². The molecular formula is C22H21NO3. The predicted molar refractivity (Wildman–Crippen MR) is 103 cm³/mol. The highest BCUT2D eigenvalue weighted by Crippen LogP contribution is 2.27. The molecule has 26 heavy (non-hydrogen) atoms. The third kappa shape index (κ3) is 4.63. The number of para-hydroxylation sites is 3. The monoisotopic (exact) mass is 347 g/mol. The average Bonchev–Trinajstić information content (AvgIpc) is 2.69. The summed E-state index contributed by atoms with van der Waals surface area (Å²) in [7, 11) is 0. The molecule has 1 amide bonds. The van der Waals surface area contributed by atoms with Gasteiger partial charge in [-0.3, -0.25) is 4.79 Å². The van der Waals surface area contributed by atoms with Gasteiger partial charge in [-0.2, -0.15) is 0 Å². The lowest BCUT2D eigenvalue weighted by Gasteiger charge is -2.12. The average molecular weight is 347 g/mol. The van der Waals surface area contributed by atoms with Crippen LogP contribution in [0.3, 0.4) is 0 Å². The molecule has 4 nitrogen and oxygen atoms in total. The number of anilines is 1. The molecule has 0 saturated carbocycles. The van der Waals surface area contributed by atoms with Gasteiger partial charge in [-0.1, -0.05) is 42.5 Å². The Morgan fingerprint density at radius 1 is 0.808 bits per heavy atom. The summed E-state index contributed by atoms with van der Waals surface area (Å²) in [5.41, 5.74) is 2.36. The number of nitrogens with one attached hydrogen (secondary N) is 1. The van der Waals surface area contributed by atoms with Crippen molar-refractivity contribution in [1.29, 1.82) is 0 Å². The molecule has 0 bridgehead atoms. The minimum atomic E-state index is -0.134. The summed E-state index contributed by atoms with van der Waals surface area (Å²) >= 11 is 0. The van der Waals surface area contributed by atoms with Crippen LogP contribution in [0.5, 0.6) is 11.5 Å². The summed E-state index contributed by atoms with van der Waals surface area (Å²) in [6.07, 6.45) is 0. The number of hydrogen-bond donors (Lipinski definition) is 1. The summed E-state index contributed by atoms with van der Waals surface area (Å²) in [5.74, 6) is 1.31. The van der Waals surface area contributed by atoms with E-state index < -0.39 is 0 Å². The molecule has 1 N–H and O–H groups in total. The fourth-order valence-electron chi connectivity index (χ4n) is 2.48. The van der Waals surface area contributed by atoms with Crippen molar-refractivity contribution in [2.45, 2.75) is 13.5 Å². The number of hydrogen-bond acceptors (Lipinski definition) is 3. The van der Waals surface area contributed by atoms with Crippen LogP contribution in [0.2, 0.25) is 0 Å². The Morgan fingerprint density at radius 2 is 1.42 bits per heavy atom. The molecule has 0 saturated heterocycles. The number of amides is 1. The van der Waals surface area contributed by atoms with Gasteiger partial charge in [-0.05, 0) is 48.9 Å². The van der Waals surface area contributed by atoms with Crippen molar-refractivity contribution in [3.8, 4) is 11.5 Å². The molecule has 3 aromatic rings. The molecule has 0 aliphatic carbocycles. The van der Waals surface area contributed by atoms with Crippen LogP contribution < -0.4 is 14.8 Å². The van der Waals surface area contributed by atoms with Crippen LogP contribution in [-0.4, -0.2) is 12.5 Å². The van der Waals surface area contributed by atoms with Crippen LogP contribution in [0.4, 0.5) is 5.69 Å². The zero-order valence-electron chi connectivity index (χ0n) is 14.6. The zero-order valence-corrected chi connectivity index (χ0v) is 14.6. The van der Waals surface area contributed by atoms with Crippen LogP contribution in [0, 0.1) is 0 Å². The second-order valence-electron chi connectivity index (χ2n) is 5.69. The lowest BCUT2D eigenvalue weighted by atomic mass is 10.1. The summed E-state index contributed by atoms with van der Waals surface area (Å²) < 4.78 is 11.4. The minimum Gasteiger partial charge on any atom is -0.490 e. The van der Waals surface area contributed by atoms with Gasteiger partial charge in [0.15, 0.2) is 11.5 Å². The Morgan fingerprint density at radius 3 is 2.08 bits per heavy atom. The molecule has 0 atom stereocenters. The fraction of sp³-hybridized carbons (Fsp3) is 0.136. The second kappa shape index (κ2) is 8.72. The first-order valence-corrected chi connectivity index (χ1v) is 8.56. The van der Waals surface area contributed by atoms with Crippen molar-refractivity contribution in [2.75, 3.05) is 11.9 Å². The summed E-state index contributed by atoms with van der Waals surface area (Å²) in [5, 5.41) is 2.87. The largest absolute Gasteiger partial charge is 0.490 e. The first-order valence-electron chi connectivity index (χ1n) is 8.56. The van der Waals surface area contributed by atoms with Crippen LogP contribution in [-0.2, 0) is 6.61 Å². The third-order valence-corrected chi connectivity index (χ3v) is 3.79. The Kier molecular flexibility index (Phi) is 5.88. The van der Waals surface area contributed by atoms with Gasteiger partial charge >= 0.3 is 0 Å². The van der Waals surface area contributed by atoms with E-state index in [2.05, 4.69) is 5.32 Å². The lowest BCUT2D eigenvalue weighted by molar-refractivity contribution is 0.102. The van der Waals surface area contributed by atoms with Gasteiger partial charge < -0.3 is 14.8 Å². The second-order valence-corrected chi connectivity index (χ2v) is 5.69. The maximum atomic E-state index is 12.3. The van der Waals surface area contributed by atoms with Gasteiger partial charge in [0.2, 0.25) is 0 Å². The van der Waals surface area contributed by atoms with E-state index in [-0.39, 0.29) is 5.91 Å². The highest BCUT2D eigenvalue weighted by molar-refractivity contribution is 6.04. The maximum Gasteiger partial charge on any atom is 0.255 e. The van der Waals surface area contributed by atoms with E-state index in [1.54, 1.807) is 12.1 Å². The van der Waals surface area contributed by atoms with E-state index in [1.807, 2.05) is 73.7 Å². The normalized spacial score (nSPS) is 10.2. The smallest absolute Gasteiger partial charge is 0.255 e. The summed E-state index contributed by atoms with van der Waals surface area (Å²) in [6, 6.07) is 24.4. The van der Waals surface area contributed by atoms with Crippen molar-refractivity contribution in [3.05, 3.63) is 90.0 Å². The number of ether oxygens (including phenoxy) is 2. The molecule has 0 spiro atoms. The van der Waals surface area contributed by atoms with E-state index in [0.717, 1.165) is 17.0 Å². The van der Waals surface area contributed by atoms with Gasteiger partial charge in [0.25, 0.3) is 5.91 Å². The molecule has 0 radical (unpaired) electrons. The molecule has 3 aromatic carbocycles. The Bertz CT molecular complexity index is 845. The van der Waals surface area contributed by atoms with Crippen molar-refractivity contribution in [2.24, 2.45) is 0 Å². The number of carbonyl (C=O) groups excluding carboxylic acids is 1. The van der Waals surface area contributed by atoms with Crippen LogP contribution in [0.15, 0.2) is 78.9 Å². The van der Waals surface area contributed by atoms with Crippen molar-refractivity contribution >= 4 is 11.6 Å². The zero-order chi connectivity index (χ0) is 18.2. The Hall–Kier alpha value is -3.27. The van der Waals surface area contributed by atoms with E-state index in [1.165, 1.54) is 0 Å². The molecule has 0 aliphatic rings. The van der Waals surface area contributed by atoms with Gasteiger partial charge in [0.1, 0.15) is 6.61 Å². The SMILES string of the molecule is CCOc1ccccc1OCc1ccc(C(=O)Nc2ccccc2)cc1. The Labute approximate surface area is 153 Å². The molecular weight excluding hydrogens is 326 g/mol. The molecule has 0 aromatic heterocycles. The number of benzene rings is 3. The van der Waals surface area contributed by atoms with E-state index in [0.29, 0.717) is 24.5 Å². The van der Waals surface area contributed by atoms with E-state index in [9.17, 15) is 4.79 Å². The molecule has 0 fully saturated rings. The van der Waals surface area contributed by atoms with Crippen LogP contribution in [0.25, 0.3) is 0 Å². The molecule has 4 heteroatoms. The van der Waals surface area contributed by atoms with Gasteiger partial charge in [0.05, 0.1) is 6.61 Å². The maximum absolute atomic E-state index is 12.3. The highest BCUT2D eigenvalue weighted by atomic mass is 16.5. The van der Waals surface area contributed by atoms with Crippen molar-refractivity contribution in [3.63, 3.8) is 0 Å². The van der Waals surface area contributed by atoms with Crippen LogP contribution in [0.1, 0.15) is 22.8 Å². The van der Waals surface area contributed by atoms with Gasteiger partial charge in [-0.25, -0.2) is 0 Å². The third-order valence-electron chi connectivity index (χ3n) is 3.79. The first-order chi connectivity index (χ1) is 12.8. The fourth-order valence-corrected chi connectivity index (χ4v) is 2.48. The first kappa shape index (κ1) is 17.5. The van der Waals surface area contributed by atoms with Gasteiger partial charge in [0, 0.05) is 11.3 Å². The summed E-state index contributed by atoms with van der Waals surface area (Å²) in [6.45, 7) is 2.94. The molecule has 0 unspecified atom stereocenters. The highest BCUT2D eigenvalue weighted by Gasteiger charge is 2.07. The molecule has 132 valence electrons. The summed E-state index contributed by atoms with van der Waals surface area (Å²) in [4.78, 5) is 12.3. The topological polar surface area (TPSA) is 47.6 Å². The number of rotatable bonds is 7. The minimum absolute atomic E-state index is 0.134. The molecule has 0 heterocycles. The quantitative estimate of drug-likeness (QED) is 0.660. The Balaban J connectivity index is 1.60. The van der Waals surface area contributed by atoms with E-state index >= 15 is 0 Å². The standard InChI is InChI=1S/C22H21NO3/c1-2-25-20-10-6-7-11-21(20)26-16-17-12-14-18(15-13-17)22(24)23-19-8-4-3-5-9-19/h3-15H,2,16H2,1H3,(H,23,24). The van der Waals surface area contributed by atoms with Gasteiger partial charge in [-0.15, -0.1) is 0 Å². The van der Waals surface area contributed by atoms with Crippen molar-refractivity contribution in [1.82, 2.24) is 0 Å². The van der Waals surface area contributed by atoms with Crippen LogP contribution >= 0.6 is 0 Å². The van der Waals surface area contributed by atoms with E-state index in [4.69, 9.17) is 9.47 Å².